The van der Waals surface area contributed by atoms with Crippen LogP contribution in [0.5, 0.6) is 5.75 Å². The minimum Gasteiger partial charge on any atom is -0.491 e. The fourth-order valence-electron chi connectivity index (χ4n) is 1.67. The van der Waals surface area contributed by atoms with Crippen LogP contribution in [-0.2, 0) is 4.74 Å². The van der Waals surface area contributed by atoms with Gasteiger partial charge in [-0.05, 0) is 30.5 Å². The van der Waals surface area contributed by atoms with Gasteiger partial charge in [0.05, 0.1) is 24.5 Å². The Hall–Kier alpha value is -1.71. The molecule has 0 saturated heterocycles. The number of esters is 1. The van der Waals surface area contributed by atoms with Crippen molar-refractivity contribution in [3.8, 4) is 5.75 Å². The second-order valence-electron chi connectivity index (χ2n) is 5.30. The number of nitrogen functional groups attached to an aromatic ring is 1. The SMILES string of the molecule is CCCCCOc1ccc(C(=O)OCC(C)C)cc1N. The molecule has 0 fully saturated rings. The van der Waals surface area contributed by atoms with E-state index >= 15 is 0 Å². The first-order valence-electron chi connectivity index (χ1n) is 7.24. The summed E-state index contributed by atoms with van der Waals surface area (Å²) in [6.07, 6.45) is 3.30. The number of rotatable bonds is 8. The maximum absolute atomic E-state index is 11.8. The third-order valence-corrected chi connectivity index (χ3v) is 2.80. The van der Waals surface area contributed by atoms with Crippen molar-refractivity contribution in [2.24, 2.45) is 5.92 Å². The summed E-state index contributed by atoms with van der Waals surface area (Å²) in [4.78, 5) is 11.8. The van der Waals surface area contributed by atoms with Gasteiger partial charge in [-0.25, -0.2) is 4.79 Å². The number of anilines is 1. The van der Waals surface area contributed by atoms with E-state index in [0.29, 0.717) is 36.1 Å². The van der Waals surface area contributed by atoms with Crippen molar-refractivity contribution in [3.05, 3.63) is 23.8 Å². The van der Waals surface area contributed by atoms with E-state index < -0.39 is 0 Å². The highest BCUT2D eigenvalue weighted by molar-refractivity contribution is 5.91. The molecule has 0 atom stereocenters. The lowest BCUT2D eigenvalue weighted by atomic mass is 10.2. The van der Waals surface area contributed by atoms with Crippen LogP contribution in [0.3, 0.4) is 0 Å². The van der Waals surface area contributed by atoms with Crippen LogP contribution in [-0.4, -0.2) is 19.2 Å². The van der Waals surface area contributed by atoms with Gasteiger partial charge in [-0.3, -0.25) is 0 Å². The number of hydrogen-bond donors (Lipinski definition) is 1. The Balaban J connectivity index is 2.56. The van der Waals surface area contributed by atoms with E-state index in [1.807, 2.05) is 13.8 Å². The van der Waals surface area contributed by atoms with Gasteiger partial charge in [-0.2, -0.15) is 0 Å². The molecule has 112 valence electrons. The van der Waals surface area contributed by atoms with Gasteiger partial charge in [-0.1, -0.05) is 33.6 Å². The largest absolute Gasteiger partial charge is 0.491 e. The number of nitrogens with two attached hydrogens (primary N) is 1. The van der Waals surface area contributed by atoms with Gasteiger partial charge >= 0.3 is 5.97 Å². The van der Waals surface area contributed by atoms with E-state index in [2.05, 4.69) is 6.92 Å². The molecule has 0 radical (unpaired) electrons. The predicted octanol–water partition coefficient (Wildman–Crippen LogP) is 3.65. The van der Waals surface area contributed by atoms with Crippen LogP contribution in [0.15, 0.2) is 18.2 Å². The highest BCUT2D eigenvalue weighted by Crippen LogP contribution is 2.23. The number of carbonyl (C=O) groups is 1. The first-order valence-corrected chi connectivity index (χ1v) is 7.24. The average Bonchev–Trinajstić information content (AvgIpc) is 2.42. The lowest BCUT2D eigenvalue weighted by Crippen LogP contribution is -2.10. The summed E-state index contributed by atoms with van der Waals surface area (Å²) in [5, 5.41) is 0. The molecule has 0 aromatic heterocycles. The molecule has 0 aliphatic rings. The fourth-order valence-corrected chi connectivity index (χ4v) is 1.67. The van der Waals surface area contributed by atoms with Crippen molar-refractivity contribution in [1.29, 1.82) is 0 Å². The molecule has 1 rings (SSSR count). The quantitative estimate of drug-likeness (QED) is 0.448. The monoisotopic (exact) mass is 279 g/mol. The summed E-state index contributed by atoms with van der Waals surface area (Å²) in [6, 6.07) is 5.03. The molecule has 20 heavy (non-hydrogen) atoms. The third kappa shape index (κ3) is 5.51. The normalized spacial score (nSPS) is 10.6. The maximum atomic E-state index is 11.8. The lowest BCUT2D eigenvalue weighted by molar-refractivity contribution is 0.0459. The van der Waals surface area contributed by atoms with Crippen molar-refractivity contribution in [1.82, 2.24) is 0 Å². The van der Waals surface area contributed by atoms with Gasteiger partial charge in [0.1, 0.15) is 5.75 Å². The number of carbonyl (C=O) groups excluding carboxylic acids is 1. The number of hydrogen-bond acceptors (Lipinski definition) is 4. The summed E-state index contributed by atoms with van der Waals surface area (Å²) in [7, 11) is 0. The zero-order valence-electron chi connectivity index (χ0n) is 12.6. The molecular weight excluding hydrogens is 254 g/mol. The van der Waals surface area contributed by atoms with Crippen molar-refractivity contribution in [2.75, 3.05) is 18.9 Å². The van der Waals surface area contributed by atoms with Gasteiger partial charge in [0, 0.05) is 0 Å². The van der Waals surface area contributed by atoms with Crippen LogP contribution >= 0.6 is 0 Å². The Morgan fingerprint density at radius 1 is 1.30 bits per heavy atom. The molecular formula is C16H25NO3. The van der Waals surface area contributed by atoms with Gasteiger partial charge in [0.25, 0.3) is 0 Å². The smallest absolute Gasteiger partial charge is 0.338 e. The molecule has 0 spiro atoms. The van der Waals surface area contributed by atoms with Crippen molar-refractivity contribution in [3.63, 3.8) is 0 Å². The molecule has 2 N–H and O–H groups in total. The molecule has 0 saturated carbocycles. The van der Waals surface area contributed by atoms with Gasteiger partial charge in [0.2, 0.25) is 0 Å². The van der Waals surface area contributed by atoms with Gasteiger partial charge in [0.15, 0.2) is 0 Å². The molecule has 4 heteroatoms. The first-order chi connectivity index (χ1) is 9.54. The molecule has 0 amide bonds. The topological polar surface area (TPSA) is 61.5 Å². The molecule has 1 aromatic carbocycles. The molecule has 1 aromatic rings. The molecule has 0 aliphatic heterocycles. The standard InChI is InChI=1S/C16H25NO3/c1-4-5-6-9-19-15-8-7-13(10-14(15)17)16(18)20-11-12(2)3/h7-8,10,12H,4-6,9,11,17H2,1-3H3. The Bertz CT molecular complexity index is 430. The van der Waals surface area contributed by atoms with Crippen LogP contribution < -0.4 is 10.5 Å². The Morgan fingerprint density at radius 2 is 2.05 bits per heavy atom. The minimum absolute atomic E-state index is 0.317. The summed E-state index contributed by atoms with van der Waals surface area (Å²) < 4.78 is 10.8. The zero-order chi connectivity index (χ0) is 15.0. The predicted molar refractivity (Wildman–Crippen MR) is 81.0 cm³/mol. The zero-order valence-corrected chi connectivity index (χ0v) is 12.6. The van der Waals surface area contributed by atoms with E-state index in [0.717, 1.165) is 19.3 Å². The second kappa shape index (κ2) is 8.46. The van der Waals surface area contributed by atoms with E-state index in [1.165, 1.54) is 0 Å². The Morgan fingerprint density at radius 3 is 2.65 bits per heavy atom. The van der Waals surface area contributed by atoms with Crippen molar-refractivity contribution in [2.45, 2.75) is 40.0 Å². The van der Waals surface area contributed by atoms with E-state index in [4.69, 9.17) is 15.2 Å². The molecule has 0 heterocycles. The van der Waals surface area contributed by atoms with Crippen LogP contribution in [0, 0.1) is 5.92 Å². The number of unbranched alkanes of at least 4 members (excludes halogenated alkanes) is 2. The highest BCUT2D eigenvalue weighted by atomic mass is 16.5. The van der Waals surface area contributed by atoms with Crippen LogP contribution in [0.2, 0.25) is 0 Å². The number of benzene rings is 1. The van der Waals surface area contributed by atoms with E-state index in [-0.39, 0.29) is 5.97 Å². The maximum Gasteiger partial charge on any atom is 0.338 e. The Labute approximate surface area is 121 Å². The molecule has 0 unspecified atom stereocenters. The molecule has 0 aliphatic carbocycles. The highest BCUT2D eigenvalue weighted by Gasteiger charge is 2.10. The summed E-state index contributed by atoms with van der Waals surface area (Å²) >= 11 is 0. The van der Waals surface area contributed by atoms with E-state index in [1.54, 1.807) is 18.2 Å². The minimum atomic E-state index is -0.345. The Kier molecular flexibility index (Phi) is 6.91. The second-order valence-corrected chi connectivity index (χ2v) is 5.30. The van der Waals surface area contributed by atoms with Gasteiger partial charge < -0.3 is 15.2 Å². The van der Waals surface area contributed by atoms with Crippen molar-refractivity contribution < 1.29 is 14.3 Å². The molecule has 0 bridgehead atoms. The molecule has 4 nitrogen and oxygen atoms in total. The summed E-state index contributed by atoms with van der Waals surface area (Å²) in [6.45, 7) is 7.19. The first kappa shape index (κ1) is 16.3. The van der Waals surface area contributed by atoms with Crippen molar-refractivity contribution >= 4 is 11.7 Å². The fraction of sp³-hybridized carbons (Fsp3) is 0.562. The lowest BCUT2D eigenvalue weighted by Gasteiger charge is -2.11. The average molecular weight is 279 g/mol. The van der Waals surface area contributed by atoms with E-state index in [9.17, 15) is 4.79 Å². The van der Waals surface area contributed by atoms with Crippen LogP contribution in [0.1, 0.15) is 50.4 Å². The third-order valence-electron chi connectivity index (χ3n) is 2.80. The number of ether oxygens (including phenoxy) is 2. The summed E-state index contributed by atoms with van der Waals surface area (Å²) in [5.41, 5.74) is 6.83. The summed E-state index contributed by atoms with van der Waals surface area (Å²) in [5.74, 6) is 0.599. The van der Waals surface area contributed by atoms with Crippen LogP contribution in [0.4, 0.5) is 5.69 Å². The van der Waals surface area contributed by atoms with Gasteiger partial charge in [-0.15, -0.1) is 0 Å². The van der Waals surface area contributed by atoms with Crippen LogP contribution in [0.25, 0.3) is 0 Å².